The number of aromatic hydroxyl groups is 1. The van der Waals surface area contributed by atoms with Gasteiger partial charge >= 0.3 is 11.9 Å². The second-order valence-electron chi connectivity index (χ2n) is 12.0. The Hall–Kier alpha value is -4.39. The molecule has 1 N–H and O–H groups in total. The molecule has 3 aromatic heterocycles. The van der Waals surface area contributed by atoms with Gasteiger partial charge in [0.25, 0.3) is 0 Å². The number of ether oxygens (including phenoxy) is 2. The molecule has 0 saturated heterocycles. The van der Waals surface area contributed by atoms with Crippen LogP contribution in [0.2, 0.25) is 5.02 Å². The van der Waals surface area contributed by atoms with Crippen LogP contribution >= 0.6 is 35.1 Å². The molecule has 0 unspecified atom stereocenters. The molecule has 0 saturated carbocycles. The third kappa shape index (κ3) is 6.84. The maximum absolute atomic E-state index is 13.1. The van der Waals surface area contributed by atoms with E-state index in [0.717, 1.165) is 60.5 Å². The lowest BCUT2D eigenvalue weighted by atomic mass is 9.98. The Bertz CT molecular complexity index is 2260. The normalized spacial score (nSPS) is 11.5. The summed E-state index contributed by atoms with van der Waals surface area (Å²) in [5, 5.41) is 23.3. The summed E-state index contributed by atoms with van der Waals surface area (Å²) in [5.74, 6) is 1.47. The Morgan fingerprint density at radius 1 is 0.900 bits per heavy atom. The summed E-state index contributed by atoms with van der Waals surface area (Å²) < 4.78 is 15.6. The first-order valence-electron chi connectivity index (χ1n) is 15.9. The summed E-state index contributed by atoms with van der Waals surface area (Å²) in [4.78, 5) is 26.1. The van der Waals surface area contributed by atoms with E-state index in [1.165, 1.54) is 14.2 Å². The molecule has 0 bridgehead atoms. The van der Waals surface area contributed by atoms with E-state index in [4.69, 9.17) is 31.3 Å². The predicted octanol–water partition coefficient (Wildman–Crippen LogP) is 7.75. The van der Waals surface area contributed by atoms with Crippen molar-refractivity contribution in [3.05, 3.63) is 93.7 Å². The van der Waals surface area contributed by atoms with Crippen molar-refractivity contribution in [2.75, 3.05) is 14.2 Å². The lowest BCUT2D eigenvalue weighted by Crippen LogP contribution is -2.11. The van der Waals surface area contributed by atoms with E-state index in [1.807, 2.05) is 84.5 Å². The number of carbonyl (C=O) groups is 2. The standard InChI is InChI=1S/C37H38ClN5O5S2/c1-21-33(34-29(38)13-11-27-28(12-14-32(45)47-5)36(37(46)48-6)41(2)35(27)34)30(43(4)39-21)20-49-18-23-16-24(42(3)40-23)19-50-25-15-22-9-7-8-10-26(22)31(44)17-25/h7-11,13,15-17,44H,12,14,18-20H2,1-6H3. The predicted molar refractivity (Wildman–Crippen MR) is 200 cm³/mol. The number of benzene rings is 3. The number of esters is 2. The topological polar surface area (TPSA) is 113 Å². The van der Waals surface area contributed by atoms with Crippen molar-refractivity contribution in [1.82, 2.24) is 24.1 Å². The summed E-state index contributed by atoms with van der Waals surface area (Å²) in [6.45, 7) is 1.96. The van der Waals surface area contributed by atoms with Gasteiger partial charge in [-0.25, -0.2) is 4.79 Å². The Balaban J connectivity index is 1.25. The van der Waals surface area contributed by atoms with Crippen LogP contribution in [0.5, 0.6) is 5.75 Å². The van der Waals surface area contributed by atoms with Crippen LogP contribution in [0.4, 0.5) is 0 Å². The van der Waals surface area contributed by atoms with Crippen molar-refractivity contribution in [2.45, 2.75) is 41.9 Å². The molecule has 50 heavy (non-hydrogen) atoms. The number of fused-ring (bicyclic) bond motifs is 2. The van der Waals surface area contributed by atoms with Crippen molar-refractivity contribution in [3.8, 4) is 16.9 Å². The molecule has 260 valence electrons. The minimum atomic E-state index is -0.493. The first kappa shape index (κ1) is 35.4. The first-order chi connectivity index (χ1) is 24.0. The molecule has 13 heteroatoms. The molecular weight excluding hydrogens is 694 g/mol. The number of hydrogen-bond acceptors (Lipinski definition) is 9. The molecule has 10 nitrogen and oxygen atoms in total. The van der Waals surface area contributed by atoms with Gasteiger partial charge in [0.2, 0.25) is 0 Å². The Morgan fingerprint density at radius 3 is 2.44 bits per heavy atom. The zero-order valence-electron chi connectivity index (χ0n) is 28.7. The van der Waals surface area contributed by atoms with Crippen molar-refractivity contribution in [1.29, 1.82) is 0 Å². The van der Waals surface area contributed by atoms with E-state index in [1.54, 1.807) is 23.5 Å². The number of thioether (sulfide) groups is 2. The van der Waals surface area contributed by atoms with Gasteiger partial charge in [0.05, 0.1) is 41.8 Å². The molecule has 0 aliphatic rings. The number of carbonyl (C=O) groups excluding carboxylic acids is 2. The fourth-order valence-electron chi connectivity index (χ4n) is 6.51. The highest BCUT2D eigenvalue weighted by molar-refractivity contribution is 7.98. The number of phenols is 1. The van der Waals surface area contributed by atoms with E-state index < -0.39 is 5.97 Å². The number of hydrogen-bond donors (Lipinski definition) is 1. The lowest BCUT2D eigenvalue weighted by molar-refractivity contribution is -0.140. The molecule has 6 rings (SSSR count). The SMILES string of the molecule is COC(=O)CCc1c(C(=O)OC)n(C)c2c(-c3c(C)nn(C)c3CSCc3cc(CSc4cc(O)c5ccccc5c4)n(C)n3)c(Cl)ccc12. The van der Waals surface area contributed by atoms with Gasteiger partial charge in [-0.2, -0.15) is 10.2 Å². The van der Waals surface area contributed by atoms with Gasteiger partial charge in [-0.3, -0.25) is 14.2 Å². The molecule has 6 aromatic rings. The van der Waals surface area contributed by atoms with Gasteiger partial charge in [0.1, 0.15) is 11.4 Å². The highest BCUT2D eigenvalue weighted by Crippen LogP contribution is 2.43. The Labute approximate surface area is 303 Å². The molecule has 0 amide bonds. The van der Waals surface area contributed by atoms with E-state index >= 15 is 0 Å². The molecule has 0 spiro atoms. The van der Waals surface area contributed by atoms with Crippen LogP contribution < -0.4 is 0 Å². The molecule has 3 aromatic carbocycles. The van der Waals surface area contributed by atoms with Crippen molar-refractivity contribution in [3.63, 3.8) is 0 Å². The van der Waals surface area contributed by atoms with E-state index in [9.17, 15) is 14.7 Å². The number of aromatic nitrogens is 5. The number of phenolic OH excluding ortho intramolecular Hbond substituents is 1. The van der Waals surface area contributed by atoms with E-state index in [-0.39, 0.29) is 18.1 Å². The number of aryl methyl sites for hydroxylation is 5. The van der Waals surface area contributed by atoms with Crippen molar-refractivity contribution >= 4 is 68.7 Å². The minimum Gasteiger partial charge on any atom is -0.507 e. The Morgan fingerprint density at radius 2 is 1.68 bits per heavy atom. The quantitative estimate of drug-likeness (QED) is 0.0997. The van der Waals surface area contributed by atoms with E-state index in [0.29, 0.717) is 40.0 Å². The van der Waals surface area contributed by atoms with Gasteiger partial charge < -0.3 is 19.1 Å². The third-order valence-electron chi connectivity index (χ3n) is 8.90. The fourth-order valence-corrected chi connectivity index (χ4v) is 8.72. The van der Waals surface area contributed by atoms with Crippen LogP contribution in [0.15, 0.2) is 59.5 Å². The van der Waals surface area contributed by atoms with Gasteiger partial charge in [0, 0.05) is 77.3 Å². The zero-order valence-corrected chi connectivity index (χ0v) is 31.1. The van der Waals surface area contributed by atoms with Crippen LogP contribution in [0, 0.1) is 6.92 Å². The van der Waals surface area contributed by atoms with Gasteiger partial charge in [0.15, 0.2) is 0 Å². The van der Waals surface area contributed by atoms with Crippen molar-refractivity contribution in [2.24, 2.45) is 21.1 Å². The van der Waals surface area contributed by atoms with Crippen LogP contribution in [-0.4, -0.2) is 55.4 Å². The molecule has 0 radical (unpaired) electrons. The average molecular weight is 732 g/mol. The van der Waals surface area contributed by atoms with Gasteiger partial charge in [-0.1, -0.05) is 41.9 Å². The zero-order chi connectivity index (χ0) is 35.7. The maximum Gasteiger partial charge on any atom is 0.354 e. The summed E-state index contributed by atoms with van der Waals surface area (Å²) in [6, 6.07) is 17.6. The lowest BCUT2D eigenvalue weighted by Gasteiger charge is -2.12. The largest absolute Gasteiger partial charge is 0.507 e. The molecule has 0 fully saturated rings. The molecule has 0 aliphatic heterocycles. The number of nitrogens with zero attached hydrogens (tertiary/aromatic N) is 5. The van der Waals surface area contributed by atoms with Crippen LogP contribution in [0.25, 0.3) is 32.8 Å². The second-order valence-corrected chi connectivity index (χ2v) is 14.4. The summed E-state index contributed by atoms with van der Waals surface area (Å²) in [7, 11) is 8.39. The van der Waals surface area contributed by atoms with Crippen LogP contribution in [-0.2, 0) is 59.1 Å². The Kier molecular flexibility index (Phi) is 10.5. The monoisotopic (exact) mass is 731 g/mol. The molecule has 0 atom stereocenters. The maximum atomic E-state index is 13.1. The fraction of sp³-hybridized carbons (Fsp3) is 0.297. The molecule has 0 aliphatic carbocycles. The molecule has 3 heterocycles. The molecular formula is C37H38ClN5O5S2. The number of methoxy groups -OCH3 is 2. The summed E-state index contributed by atoms with van der Waals surface area (Å²) >= 11 is 10.4. The number of halogens is 1. The highest BCUT2D eigenvalue weighted by atomic mass is 35.5. The van der Waals surface area contributed by atoms with Gasteiger partial charge in [-0.05, 0) is 48.6 Å². The van der Waals surface area contributed by atoms with Crippen molar-refractivity contribution < 1.29 is 24.2 Å². The minimum absolute atomic E-state index is 0.117. The first-order valence-corrected chi connectivity index (χ1v) is 18.5. The smallest absolute Gasteiger partial charge is 0.354 e. The second kappa shape index (κ2) is 14.8. The average Bonchev–Trinajstić information content (AvgIpc) is 3.70. The van der Waals surface area contributed by atoms with Gasteiger partial charge in [-0.15, -0.1) is 23.5 Å². The summed E-state index contributed by atoms with van der Waals surface area (Å²) in [6.07, 6.45) is 0.423. The highest BCUT2D eigenvalue weighted by Gasteiger charge is 2.28. The van der Waals surface area contributed by atoms with Crippen LogP contribution in [0.1, 0.15) is 45.2 Å². The number of rotatable bonds is 12. The third-order valence-corrected chi connectivity index (χ3v) is 11.2. The van der Waals surface area contributed by atoms with Crippen LogP contribution in [0.3, 0.4) is 0 Å². The van der Waals surface area contributed by atoms with E-state index in [2.05, 4.69) is 12.1 Å². The summed E-state index contributed by atoms with van der Waals surface area (Å²) in [5.41, 5.74) is 7.38.